The topological polar surface area (TPSA) is 75.8 Å². The van der Waals surface area contributed by atoms with E-state index in [4.69, 9.17) is 5.73 Å². The fraction of sp³-hybridized carbons (Fsp3) is 0.875. The standard InChI is InChI=1S/C8H18N2O3/c1-10(2)5-6(11)4-7(9)8(12)13-3/h6-7,11H,4-5,9H2,1-3H3. The third kappa shape index (κ3) is 5.57. The van der Waals surface area contributed by atoms with E-state index in [2.05, 4.69) is 4.74 Å². The van der Waals surface area contributed by atoms with Crippen molar-refractivity contribution in [2.45, 2.75) is 18.6 Å². The van der Waals surface area contributed by atoms with Gasteiger partial charge in [0.15, 0.2) is 0 Å². The lowest BCUT2D eigenvalue weighted by atomic mass is 10.1. The highest BCUT2D eigenvalue weighted by atomic mass is 16.5. The lowest BCUT2D eigenvalue weighted by Gasteiger charge is -2.18. The monoisotopic (exact) mass is 190 g/mol. The molecule has 0 saturated carbocycles. The summed E-state index contributed by atoms with van der Waals surface area (Å²) in [6, 6.07) is -0.736. The smallest absolute Gasteiger partial charge is 0.322 e. The van der Waals surface area contributed by atoms with Crippen molar-refractivity contribution in [2.75, 3.05) is 27.7 Å². The number of methoxy groups -OCH3 is 1. The number of nitrogens with zero attached hydrogens (tertiary/aromatic N) is 1. The van der Waals surface area contributed by atoms with E-state index in [1.54, 1.807) is 0 Å². The first kappa shape index (κ1) is 12.3. The Labute approximate surface area is 78.5 Å². The number of aliphatic hydroxyl groups excluding tert-OH is 1. The number of carbonyl (C=O) groups excluding carboxylic acids is 1. The molecule has 3 N–H and O–H groups in total. The van der Waals surface area contributed by atoms with Crippen molar-refractivity contribution >= 4 is 5.97 Å². The Bertz CT molecular complexity index is 161. The van der Waals surface area contributed by atoms with Crippen LogP contribution in [0.3, 0.4) is 0 Å². The van der Waals surface area contributed by atoms with Gasteiger partial charge >= 0.3 is 5.97 Å². The maximum Gasteiger partial charge on any atom is 0.322 e. The van der Waals surface area contributed by atoms with Crippen molar-refractivity contribution < 1.29 is 14.6 Å². The minimum absolute atomic E-state index is 0.227. The van der Waals surface area contributed by atoms with Gasteiger partial charge in [0, 0.05) is 13.0 Å². The summed E-state index contributed by atoms with van der Waals surface area (Å²) in [5, 5.41) is 9.40. The lowest BCUT2D eigenvalue weighted by Crippen LogP contribution is -2.38. The van der Waals surface area contributed by atoms with Crippen molar-refractivity contribution in [2.24, 2.45) is 5.73 Å². The fourth-order valence-corrected chi connectivity index (χ4v) is 1.04. The minimum atomic E-state index is -0.736. The normalized spacial score (nSPS) is 15.5. The molecular weight excluding hydrogens is 172 g/mol. The molecule has 0 heterocycles. The molecule has 2 atom stereocenters. The van der Waals surface area contributed by atoms with E-state index < -0.39 is 18.1 Å². The van der Waals surface area contributed by atoms with Gasteiger partial charge < -0.3 is 20.5 Å². The number of hydrogen-bond donors (Lipinski definition) is 2. The van der Waals surface area contributed by atoms with Crippen LogP contribution in [-0.4, -0.2) is 55.9 Å². The van der Waals surface area contributed by atoms with Gasteiger partial charge in [-0.1, -0.05) is 0 Å². The molecule has 0 aliphatic heterocycles. The van der Waals surface area contributed by atoms with E-state index in [0.29, 0.717) is 6.54 Å². The number of rotatable bonds is 5. The van der Waals surface area contributed by atoms with E-state index in [0.717, 1.165) is 0 Å². The predicted molar refractivity (Wildman–Crippen MR) is 49.2 cm³/mol. The van der Waals surface area contributed by atoms with Crippen LogP contribution in [0.1, 0.15) is 6.42 Å². The molecule has 0 aliphatic carbocycles. The Morgan fingerprint density at radius 1 is 1.62 bits per heavy atom. The molecule has 0 spiro atoms. The van der Waals surface area contributed by atoms with Gasteiger partial charge in [-0.25, -0.2) is 0 Å². The number of carbonyl (C=O) groups is 1. The maximum atomic E-state index is 10.9. The van der Waals surface area contributed by atoms with Crippen molar-refractivity contribution in [3.63, 3.8) is 0 Å². The van der Waals surface area contributed by atoms with Gasteiger partial charge in [0.2, 0.25) is 0 Å². The second-order valence-electron chi connectivity index (χ2n) is 3.28. The summed E-state index contributed by atoms with van der Waals surface area (Å²) in [5.74, 6) is -0.488. The van der Waals surface area contributed by atoms with Crippen LogP contribution in [0, 0.1) is 0 Å². The number of likely N-dealkylation sites (N-methyl/N-ethyl adjacent to an activating group) is 1. The number of ether oxygens (including phenoxy) is 1. The molecule has 0 saturated heterocycles. The summed E-state index contributed by atoms with van der Waals surface area (Å²) < 4.78 is 4.43. The molecule has 5 heteroatoms. The molecule has 5 nitrogen and oxygen atoms in total. The van der Waals surface area contributed by atoms with Gasteiger partial charge in [-0.3, -0.25) is 4.79 Å². The zero-order valence-electron chi connectivity index (χ0n) is 8.36. The second kappa shape index (κ2) is 5.90. The molecule has 0 bridgehead atoms. The van der Waals surface area contributed by atoms with Crippen LogP contribution in [-0.2, 0) is 9.53 Å². The molecule has 0 rings (SSSR count). The first-order chi connectivity index (χ1) is 5.97. The zero-order chi connectivity index (χ0) is 10.4. The van der Waals surface area contributed by atoms with Crippen LogP contribution in [0.4, 0.5) is 0 Å². The van der Waals surface area contributed by atoms with E-state index in [1.807, 2.05) is 19.0 Å². The summed E-state index contributed by atoms with van der Waals surface area (Å²) in [4.78, 5) is 12.7. The van der Waals surface area contributed by atoms with Crippen LogP contribution < -0.4 is 5.73 Å². The summed E-state index contributed by atoms with van der Waals surface area (Å²) in [6.45, 7) is 0.491. The predicted octanol–water partition coefficient (Wildman–Crippen LogP) is -1.20. The van der Waals surface area contributed by atoms with Crippen LogP contribution in [0.25, 0.3) is 0 Å². The Hall–Kier alpha value is -0.650. The van der Waals surface area contributed by atoms with E-state index in [-0.39, 0.29) is 6.42 Å². The van der Waals surface area contributed by atoms with Crippen molar-refractivity contribution in [1.82, 2.24) is 4.90 Å². The third-order valence-electron chi connectivity index (χ3n) is 1.61. The fourth-order valence-electron chi connectivity index (χ4n) is 1.04. The molecule has 0 aromatic carbocycles. The van der Waals surface area contributed by atoms with Gasteiger partial charge in [0.1, 0.15) is 6.04 Å². The quantitative estimate of drug-likeness (QED) is 0.532. The molecule has 0 fully saturated rings. The average molecular weight is 190 g/mol. The Balaban J connectivity index is 3.77. The molecule has 0 aliphatic rings. The van der Waals surface area contributed by atoms with E-state index in [1.165, 1.54) is 7.11 Å². The van der Waals surface area contributed by atoms with E-state index in [9.17, 15) is 9.90 Å². The highest BCUT2D eigenvalue weighted by Crippen LogP contribution is 1.98. The largest absolute Gasteiger partial charge is 0.468 e. The number of esters is 1. The Morgan fingerprint density at radius 2 is 2.15 bits per heavy atom. The summed E-state index contributed by atoms with van der Waals surface area (Å²) >= 11 is 0. The third-order valence-corrected chi connectivity index (χ3v) is 1.61. The van der Waals surface area contributed by atoms with Crippen LogP contribution in [0.5, 0.6) is 0 Å². The molecular formula is C8H18N2O3. The van der Waals surface area contributed by atoms with Crippen LogP contribution >= 0.6 is 0 Å². The molecule has 0 radical (unpaired) electrons. The molecule has 13 heavy (non-hydrogen) atoms. The zero-order valence-corrected chi connectivity index (χ0v) is 8.36. The SMILES string of the molecule is COC(=O)C(N)CC(O)CN(C)C. The Morgan fingerprint density at radius 3 is 2.54 bits per heavy atom. The second-order valence-corrected chi connectivity index (χ2v) is 3.28. The number of hydrogen-bond acceptors (Lipinski definition) is 5. The molecule has 0 amide bonds. The molecule has 78 valence electrons. The number of nitrogens with two attached hydrogens (primary N) is 1. The van der Waals surface area contributed by atoms with Gasteiger partial charge in [0.25, 0.3) is 0 Å². The summed E-state index contributed by atoms with van der Waals surface area (Å²) in [5.41, 5.74) is 5.45. The highest BCUT2D eigenvalue weighted by molar-refractivity contribution is 5.75. The van der Waals surface area contributed by atoms with Gasteiger partial charge in [-0.05, 0) is 14.1 Å². The van der Waals surface area contributed by atoms with Crippen LogP contribution in [0.15, 0.2) is 0 Å². The maximum absolute atomic E-state index is 10.9. The Kier molecular flexibility index (Phi) is 5.61. The molecule has 2 unspecified atom stereocenters. The van der Waals surface area contributed by atoms with Crippen molar-refractivity contribution in [1.29, 1.82) is 0 Å². The van der Waals surface area contributed by atoms with Crippen molar-refractivity contribution in [3.8, 4) is 0 Å². The minimum Gasteiger partial charge on any atom is -0.468 e. The first-order valence-electron chi connectivity index (χ1n) is 4.13. The number of aliphatic hydroxyl groups is 1. The van der Waals surface area contributed by atoms with Crippen molar-refractivity contribution in [3.05, 3.63) is 0 Å². The van der Waals surface area contributed by atoms with Gasteiger partial charge in [-0.15, -0.1) is 0 Å². The molecule has 0 aromatic heterocycles. The van der Waals surface area contributed by atoms with Gasteiger partial charge in [0.05, 0.1) is 13.2 Å². The lowest BCUT2D eigenvalue weighted by molar-refractivity contribution is -0.143. The first-order valence-corrected chi connectivity index (χ1v) is 4.13. The van der Waals surface area contributed by atoms with Crippen LogP contribution in [0.2, 0.25) is 0 Å². The van der Waals surface area contributed by atoms with E-state index >= 15 is 0 Å². The summed E-state index contributed by atoms with van der Waals surface area (Å²) in [7, 11) is 4.96. The van der Waals surface area contributed by atoms with Gasteiger partial charge in [-0.2, -0.15) is 0 Å². The highest BCUT2D eigenvalue weighted by Gasteiger charge is 2.18. The average Bonchev–Trinajstić information content (AvgIpc) is 2.01. The molecule has 0 aromatic rings. The summed E-state index contributed by atoms with van der Waals surface area (Å²) in [6.07, 6.45) is -0.366.